The minimum atomic E-state index is 0. The second-order valence-electron chi connectivity index (χ2n) is 2.90. The highest BCUT2D eigenvalue weighted by Crippen LogP contribution is 2.07. The van der Waals surface area contributed by atoms with E-state index in [1.165, 1.54) is 45.3 Å². The van der Waals surface area contributed by atoms with Gasteiger partial charge in [0.2, 0.25) is 0 Å². The summed E-state index contributed by atoms with van der Waals surface area (Å²) >= 11 is 0. The molecule has 1 aliphatic rings. The van der Waals surface area contributed by atoms with E-state index in [0.717, 1.165) is 0 Å². The van der Waals surface area contributed by atoms with Crippen molar-refractivity contribution in [3.63, 3.8) is 0 Å². The van der Waals surface area contributed by atoms with E-state index in [9.17, 15) is 0 Å². The van der Waals surface area contributed by atoms with Crippen LogP contribution in [0.2, 0.25) is 0 Å². The molecule has 0 aliphatic carbocycles. The minimum absolute atomic E-state index is 0. The largest absolute Gasteiger partial charge is 0.344 e. The van der Waals surface area contributed by atoms with Gasteiger partial charge in [0.05, 0.1) is 0 Å². The third-order valence-corrected chi connectivity index (χ3v) is 1.99. The van der Waals surface area contributed by atoms with Gasteiger partial charge in [-0.3, -0.25) is 0 Å². The molecule has 0 bridgehead atoms. The Morgan fingerprint density at radius 3 is 2.20 bits per heavy atom. The van der Waals surface area contributed by atoms with Crippen molar-refractivity contribution in [2.24, 2.45) is 0 Å². The van der Waals surface area contributed by atoms with Gasteiger partial charge >= 0.3 is 0 Å². The Morgan fingerprint density at radius 1 is 1.10 bits per heavy atom. The van der Waals surface area contributed by atoms with Crippen LogP contribution >= 0.6 is 0 Å². The second kappa shape index (κ2) is 5.69. The van der Waals surface area contributed by atoms with Crippen molar-refractivity contribution in [1.29, 1.82) is 0 Å². The molecule has 3 N–H and O–H groups in total. The molecule has 62 valence electrons. The van der Waals surface area contributed by atoms with E-state index in [1.54, 1.807) is 0 Å². The number of hydrogen-bond acceptors (Lipinski definition) is 2. The van der Waals surface area contributed by atoms with Gasteiger partial charge in [-0.25, -0.2) is 0 Å². The summed E-state index contributed by atoms with van der Waals surface area (Å²) in [6.07, 6.45) is 5.64. The summed E-state index contributed by atoms with van der Waals surface area (Å²) in [5.74, 6) is 0. The van der Waals surface area contributed by atoms with Crippen molar-refractivity contribution in [3.8, 4) is 0 Å². The number of hydrogen-bond donors (Lipinski definition) is 1. The summed E-state index contributed by atoms with van der Waals surface area (Å²) in [6, 6.07) is 0. The molecular weight excluding hydrogens is 124 g/mol. The number of piperidine rings is 1. The Morgan fingerprint density at radius 2 is 1.70 bits per heavy atom. The molecule has 1 saturated heterocycles. The molecule has 1 fully saturated rings. The van der Waals surface area contributed by atoms with Crippen LogP contribution in [0.4, 0.5) is 0 Å². The first-order valence-corrected chi connectivity index (χ1v) is 4.16. The van der Waals surface area contributed by atoms with Crippen LogP contribution in [-0.4, -0.2) is 24.5 Å². The van der Waals surface area contributed by atoms with E-state index in [4.69, 9.17) is 0 Å². The molecule has 0 atom stereocenters. The van der Waals surface area contributed by atoms with Gasteiger partial charge in [-0.1, -0.05) is 13.3 Å². The van der Waals surface area contributed by atoms with Gasteiger partial charge in [0.15, 0.2) is 0 Å². The van der Waals surface area contributed by atoms with Gasteiger partial charge in [-0.2, -0.15) is 0 Å². The molecule has 0 radical (unpaired) electrons. The highest BCUT2D eigenvalue weighted by Gasteiger charge is 2.07. The Bertz CT molecular complexity index is 64.9. The van der Waals surface area contributed by atoms with Crippen molar-refractivity contribution in [2.75, 3.05) is 19.6 Å². The van der Waals surface area contributed by atoms with Crippen molar-refractivity contribution in [1.82, 2.24) is 11.1 Å². The van der Waals surface area contributed by atoms with Gasteiger partial charge in [-0.15, -0.1) is 0 Å². The molecule has 0 spiro atoms. The Hall–Kier alpha value is -0.0800. The fraction of sp³-hybridized carbons (Fsp3) is 1.00. The highest BCUT2D eigenvalue weighted by molar-refractivity contribution is 4.62. The van der Waals surface area contributed by atoms with E-state index < -0.39 is 0 Å². The average molecular weight is 144 g/mol. The topological polar surface area (TPSA) is 38.2 Å². The first-order valence-electron chi connectivity index (χ1n) is 4.16. The van der Waals surface area contributed by atoms with Crippen LogP contribution < -0.4 is 6.15 Å². The zero-order valence-electron chi connectivity index (χ0n) is 7.10. The maximum atomic E-state index is 2.57. The number of nitrogens with zero attached hydrogens (tertiary/aromatic N) is 1. The lowest BCUT2D eigenvalue weighted by atomic mass is 10.1. The van der Waals surface area contributed by atoms with Crippen LogP contribution in [0.3, 0.4) is 0 Å². The van der Waals surface area contributed by atoms with E-state index in [0.29, 0.717) is 0 Å². The quantitative estimate of drug-likeness (QED) is 0.644. The third-order valence-electron chi connectivity index (χ3n) is 1.99. The van der Waals surface area contributed by atoms with Crippen LogP contribution in [0, 0.1) is 0 Å². The maximum Gasteiger partial charge on any atom is -0.00187 e. The molecule has 2 heteroatoms. The molecule has 1 heterocycles. The third kappa shape index (κ3) is 3.18. The summed E-state index contributed by atoms with van der Waals surface area (Å²) in [6.45, 7) is 6.29. The average Bonchev–Trinajstić information content (AvgIpc) is 1.91. The molecular formula is C8H20N2. The zero-order chi connectivity index (χ0) is 6.53. The van der Waals surface area contributed by atoms with Crippen molar-refractivity contribution < 1.29 is 0 Å². The molecule has 0 aromatic heterocycles. The van der Waals surface area contributed by atoms with Crippen LogP contribution in [0.5, 0.6) is 0 Å². The van der Waals surface area contributed by atoms with Gasteiger partial charge in [0, 0.05) is 0 Å². The molecule has 0 amide bonds. The summed E-state index contributed by atoms with van der Waals surface area (Å²) < 4.78 is 0. The van der Waals surface area contributed by atoms with Gasteiger partial charge < -0.3 is 11.1 Å². The van der Waals surface area contributed by atoms with Crippen molar-refractivity contribution in [3.05, 3.63) is 0 Å². The van der Waals surface area contributed by atoms with Gasteiger partial charge in [0.1, 0.15) is 0 Å². The molecule has 0 unspecified atom stereocenters. The van der Waals surface area contributed by atoms with Gasteiger partial charge in [0.25, 0.3) is 0 Å². The standard InChI is InChI=1S/C8H17N.H3N/c1-2-6-9-7-4-3-5-8-9;/h2-8H2,1H3;1H3. The van der Waals surface area contributed by atoms with E-state index in [-0.39, 0.29) is 6.15 Å². The Kier molecular flexibility index (Phi) is 5.64. The summed E-state index contributed by atoms with van der Waals surface area (Å²) in [4.78, 5) is 2.57. The normalized spacial score (nSPS) is 20.1. The predicted octanol–water partition coefficient (Wildman–Crippen LogP) is 2.04. The van der Waals surface area contributed by atoms with Crippen LogP contribution in [0.15, 0.2) is 0 Å². The first-order chi connectivity index (χ1) is 4.43. The van der Waals surface area contributed by atoms with Crippen molar-refractivity contribution in [2.45, 2.75) is 32.6 Å². The number of rotatable bonds is 2. The summed E-state index contributed by atoms with van der Waals surface area (Å²) in [5, 5.41) is 0. The molecule has 2 nitrogen and oxygen atoms in total. The number of likely N-dealkylation sites (tertiary alicyclic amines) is 1. The van der Waals surface area contributed by atoms with Gasteiger partial charge in [-0.05, 0) is 38.9 Å². The van der Waals surface area contributed by atoms with E-state index in [1.807, 2.05) is 0 Å². The van der Waals surface area contributed by atoms with Crippen LogP contribution in [-0.2, 0) is 0 Å². The zero-order valence-corrected chi connectivity index (χ0v) is 7.10. The smallest absolute Gasteiger partial charge is 0.00187 e. The highest BCUT2D eigenvalue weighted by atomic mass is 15.1. The minimum Gasteiger partial charge on any atom is -0.344 e. The lowest BCUT2D eigenvalue weighted by Crippen LogP contribution is -2.30. The van der Waals surface area contributed by atoms with Crippen molar-refractivity contribution >= 4 is 0 Å². The fourth-order valence-electron chi connectivity index (χ4n) is 1.50. The van der Waals surface area contributed by atoms with E-state index in [2.05, 4.69) is 11.8 Å². The Labute approximate surface area is 64.2 Å². The summed E-state index contributed by atoms with van der Waals surface area (Å²) in [7, 11) is 0. The SMILES string of the molecule is CCCN1CCCCC1.N. The first kappa shape index (κ1) is 9.92. The van der Waals surface area contributed by atoms with Crippen LogP contribution in [0.1, 0.15) is 32.6 Å². The lowest BCUT2D eigenvalue weighted by Gasteiger charge is -2.25. The second-order valence-corrected chi connectivity index (χ2v) is 2.90. The monoisotopic (exact) mass is 144 g/mol. The summed E-state index contributed by atoms with van der Waals surface area (Å²) in [5.41, 5.74) is 0. The predicted molar refractivity (Wildman–Crippen MR) is 45.6 cm³/mol. The molecule has 10 heavy (non-hydrogen) atoms. The molecule has 1 rings (SSSR count). The maximum absolute atomic E-state index is 2.57. The lowest BCUT2D eigenvalue weighted by molar-refractivity contribution is 0.229. The molecule has 0 aromatic rings. The fourth-order valence-corrected chi connectivity index (χ4v) is 1.50. The van der Waals surface area contributed by atoms with E-state index >= 15 is 0 Å². The molecule has 0 saturated carbocycles. The molecule has 1 aliphatic heterocycles. The Balaban J connectivity index is 0.000000810. The van der Waals surface area contributed by atoms with Crippen LogP contribution in [0.25, 0.3) is 0 Å². The molecule has 0 aromatic carbocycles.